The van der Waals surface area contributed by atoms with Gasteiger partial charge in [-0.25, -0.2) is 8.42 Å². The van der Waals surface area contributed by atoms with Crippen molar-refractivity contribution in [2.75, 3.05) is 24.2 Å². The number of aryl methyl sites for hydroxylation is 1. The number of halogens is 3. The molecule has 0 bridgehead atoms. The zero-order valence-corrected chi connectivity index (χ0v) is 21.8. The Morgan fingerprint density at radius 3 is 2.15 bits per heavy atom. The number of nitrogens with zero attached hydrogens (tertiary/aromatic N) is 2. The van der Waals surface area contributed by atoms with Crippen LogP contribution in [0.1, 0.15) is 24.5 Å². The van der Waals surface area contributed by atoms with Gasteiger partial charge in [0.2, 0.25) is 21.8 Å². The summed E-state index contributed by atoms with van der Waals surface area (Å²) in [5, 5.41) is 3.57. The van der Waals surface area contributed by atoms with E-state index in [1.165, 1.54) is 18.0 Å². The molecule has 2 aromatic rings. The normalized spacial score (nSPS) is 12.2. The predicted molar refractivity (Wildman–Crippen MR) is 134 cm³/mol. The summed E-state index contributed by atoms with van der Waals surface area (Å²) in [6.07, 6.45) is 1.29. The van der Waals surface area contributed by atoms with E-state index < -0.39 is 34.4 Å². The predicted octanol–water partition coefficient (Wildman–Crippen LogP) is 4.27. The first-order chi connectivity index (χ1) is 15.4. The highest BCUT2D eigenvalue weighted by molar-refractivity contribution is 7.92. The first-order valence-corrected chi connectivity index (χ1v) is 13.1. The van der Waals surface area contributed by atoms with E-state index in [-0.39, 0.29) is 12.2 Å². The van der Waals surface area contributed by atoms with Crippen LogP contribution in [0.15, 0.2) is 36.4 Å². The molecular formula is C22H26Cl3N3O4S. The van der Waals surface area contributed by atoms with E-state index in [2.05, 4.69) is 5.32 Å². The van der Waals surface area contributed by atoms with Gasteiger partial charge in [0, 0.05) is 34.2 Å². The minimum atomic E-state index is -3.85. The van der Waals surface area contributed by atoms with Gasteiger partial charge < -0.3 is 10.2 Å². The van der Waals surface area contributed by atoms with Gasteiger partial charge in [0.1, 0.15) is 12.6 Å². The van der Waals surface area contributed by atoms with Crippen LogP contribution in [0.2, 0.25) is 15.1 Å². The van der Waals surface area contributed by atoms with Crippen LogP contribution in [0.4, 0.5) is 5.69 Å². The third kappa shape index (κ3) is 6.76. The molecule has 2 amide bonds. The van der Waals surface area contributed by atoms with Gasteiger partial charge >= 0.3 is 0 Å². The van der Waals surface area contributed by atoms with Crippen LogP contribution in [0.25, 0.3) is 0 Å². The number of hydrogen-bond acceptors (Lipinski definition) is 4. The molecule has 1 N–H and O–H groups in total. The molecular weight excluding hydrogens is 509 g/mol. The average molecular weight is 535 g/mol. The van der Waals surface area contributed by atoms with Gasteiger partial charge in [-0.3, -0.25) is 13.9 Å². The Balaban J connectivity index is 2.51. The van der Waals surface area contributed by atoms with E-state index in [4.69, 9.17) is 34.8 Å². The molecule has 0 aliphatic carbocycles. The second-order valence-electron chi connectivity index (χ2n) is 7.46. The Morgan fingerprint density at radius 1 is 1.06 bits per heavy atom. The van der Waals surface area contributed by atoms with Crippen LogP contribution >= 0.6 is 34.8 Å². The Morgan fingerprint density at radius 2 is 1.67 bits per heavy atom. The van der Waals surface area contributed by atoms with E-state index in [1.807, 2.05) is 0 Å². The Bertz CT molecular complexity index is 1120. The second kappa shape index (κ2) is 11.4. The fourth-order valence-corrected chi connectivity index (χ4v) is 4.82. The van der Waals surface area contributed by atoms with Crippen molar-refractivity contribution in [2.45, 2.75) is 32.9 Å². The molecule has 33 heavy (non-hydrogen) atoms. The van der Waals surface area contributed by atoms with Gasteiger partial charge in [0.15, 0.2) is 0 Å². The molecule has 180 valence electrons. The summed E-state index contributed by atoms with van der Waals surface area (Å²) in [7, 11) is -2.38. The van der Waals surface area contributed by atoms with Crippen molar-refractivity contribution in [2.24, 2.45) is 0 Å². The number of rotatable bonds is 9. The van der Waals surface area contributed by atoms with Gasteiger partial charge in [-0.15, -0.1) is 0 Å². The highest BCUT2D eigenvalue weighted by Gasteiger charge is 2.32. The Kier molecular flexibility index (Phi) is 9.43. The average Bonchev–Trinajstić information content (AvgIpc) is 2.74. The standard InChI is InChI=1S/C22H26Cl3N3O4S/c1-5-20(22(30)26-3)27(12-16-17(23)7-6-8-18(16)24)21(29)13-28(33(4,31)32)15-10-9-14(2)19(25)11-15/h6-11,20H,5,12-13H2,1-4H3,(H,26,30)/t20-/m1/s1. The van der Waals surface area contributed by atoms with E-state index in [1.54, 1.807) is 44.2 Å². The van der Waals surface area contributed by atoms with E-state index in [0.29, 0.717) is 27.1 Å². The number of likely N-dealkylation sites (N-methyl/N-ethyl adjacent to an activating group) is 1. The van der Waals surface area contributed by atoms with Crippen molar-refractivity contribution >= 4 is 62.3 Å². The zero-order valence-electron chi connectivity index (χ0n) is 18.7. The van der Waals surface area contributed by atoms with Gasteiger partial charge in [0.05, 0.1) is 11.9 Å². The molecule has 0 aromatic heterocycles. The fourth-order valence-electron chi connectivity index (χ4n) is 3.29. The number of hydrogen-bond donors (Lipinski definition) is 1. The SMILES string of the molecule is CC[C@H](C(=O)NC)N(Cc1c(Cl)cccc1Cl)C(=O)CN(c1ccc(C)c(Cl)c1)S(C)(=O)=O. The molecule has 1 atom stereocenters. The van der Waals surface area contributed by atoms with Crippen molar-refractivity contribution < 1.29 is 18.0 Å². The summed E-state index contributed by atoms with van der Waals surface area (Å²) in [6, 6.07) is 8.78. The summed E-state index contributed by atoms with van der Waals surface area (Å²) in [4.78, 5) is 27.3. The third-order valence-electron chi connectivity index (χ3n) is 5.15. The van der Waals surface area contributed by atoms with Gasteiger partial charge in [0.25, 0.3) is 0 Å². The quantitative estimate of drug-likeness (QED) is 0.520. The van der Waals surface area contributed by atoms with Crippen molar-refractivity contribution in [3.63, 3.8) is 0 Å². The number of benzene rings is 2. The lowest BCUT2D eigenvalue weighted by Gasteiger charge is -2.33. The molecule has 0 aliphatic rings. The lowest BCUT2D eigenvalue weighted by atomic mass is 10.1. The summed E-state index contributed by atoms with van der Waals surface area (Å²) in [5.41, 5.74) is 1.46. The number of carbonyl (C=O) groups excluding carboxylic acids is 2. The van der Waals surface area contributed by atoms with Crippen LogP contribution in [0.3, 0.4) is 0 Å². The molecule has 0 aliphatic heterocycles. The first-order valence-electron chi connectivity index (χ1n) is 10.1. The molecule has 2 rings (SSSR count). The van der Waals surface area contributed by atoms with Crippen molar-refractivity contribution in [1.82, 2.24) is 10.2 Å². The summed E-state index contributed by atoms with van der Waals surface area (Å²) in [5.74, 6) is -0.984. The molecule has 0 fully saturated rings. The maximum Gasteiger partial charge on any atom is 0.244 e. The Hall–Kier alpha value is -2.00. The van der Waals surface area contributed by atoms with Gasteiger partial charge in [-0.05, 0) is 43.2 Å². The van der Waals surface area contributed by atoms with Gasteiger partial charge in [-0.2, -0.15) is 0 Å². The van der Waals surface area contributed by atoms with E-state index >= 15 is 0 Å². The van der Waals surface area contributed by atoms with Crippen molar-refractivity contribution in [3.05, 3.63) is 62.6 Å². The molecule has 11 heteroatoms. The first kappa shape index (κ1) is 27.2. The van der Waals surface area contributed by atoms with Crippen LogP contribution in [-0.4, -0.2) is 51.0 Å². The number of nitrogens with one attached hydrogen (secondary N) is 1. The van der Waals surface area contributed by atoms with Crippen LogP contribution in [0.5, 0.6) is 0 Å². The fraction of sp³-hybridized carbons (Fsp3) is 0.364. The van der Waals surface area contributed by atoms with Gasteiger partial charge in [-0.1, -0.05) is 53.9 Å². The molecule has 0 unspecified atom stereocenters. The smallest absolute Gasteiger partial charge is 0.244 e. The van der Waals surface area contributed by atoms with Crippen molar-refractivity contribution in [1.29, 1.82) is 0 Å². The molecule has 0 radical (unpaired) electrons. The zero-order chi connectivity index (χ0) is 24.9. The number of sulfonamides is 1. The lowest BCUT2D eigenvalue weighted by molar-refractivity contribution is -0.140. The second-order valence-corrected chi connectivity index (χ2v) is 10.6. The highest BCUT2D eigenvalue weighted by atomic mass is 35.5. The molecule has 0 spiro atoms. The topological polar surface area (TPSA) is 86.8 Å². The molecule has 0 saturated carbocycles. The minimum absolute atomic E-state index is 0.0739. The number of carbonyl (C=O) groups is 2. The highest BCUT2D eigenvalue weighted by Crippen LogP contribution is 2.28. The third-order valence-corrected chi connectivity index (χ3v) is 7.40. The van der Waals surface area contributed by atoms with E-state index in [0.717, 1.165) is 16.1 Å². The monoisotopic (exact) mass is 533 g/mol. The van der Waals surface area contributed by atoms with Crippen LogP contribution in [0, 0.1) is 6.92 Å². The van der Waals surface area contributed by atoms with Crippen LogP contribution < -0.4 is 9.62 Å². The number of anilines is 1. The lowest BCUT2D eigenvalue weighted by Crippen LogP contribution is -2.51. The van der Waals surface area contributed by atoms with E-state index in [9.17, 15) is 18.0 Å². The van der Waals surface area contributed by atoms with Crippen molar-refractivity contribution in [3.8, 4) is 0 Å². The summed E-state index contributed by atoms with van der Waals surface area (Å²) >= 11 is 18.8. The molecule has 2 aromatic carbocycles. The molecule has 0 heterocycles. The molecule has 0 saturated heterocycles. The largest absolute Gasteiger partial charge is 0.357 e. The number of amides is 2. The Labute approximate surface area is 209 Å². The maximum absolute atomic E-state index is 13.5. The van der Waals surface area contributed by atoms with Crippen LogP contribution in [-0.2, 0) is 26.2 Å². The molecule has 7 nitrogen and oxygen atoms in total. The maximum atomic E-state index is 13.5. The minimum Gasteiger partial charge on any atom is -0.357 e. The summed E-state index contributed by atoms with van der Waals surface area (Å²) < 4.78 is 26.1. The summed E-state index contributed by atoms with van der Waals surface area (Å²) in [6.45, 7) is 2.93.